The molecule has 1 aromatic rings. The molecule has 18 heavy (non-hydrogen) atoms. The predicted molar refractivity (Wildman–Crippen MR) is 56.7 cm³/mol. The first-order valence-corrected chi connectivity index (χ1v) is 5.49. The molecule has 0 aromatic heterocycles. The van der Waals surface area contributed by atoms with Crippen molar-refractivity contribution >= 4 is 15.9 Å². The van der Waals surface area contributed by atoms with Crippen LogP contribution < -0.4 is 5.73 Å². The van der Waals surface area contributed by atoms with Gasteiger partial charge in [0.2, 0.25) is 0 Å². The van der Waals surface area contributed by atoms with Crippen LogP contribution in [0.3, 0.4) is 0 Å². The van der Waals surface area contributed by atoms with Gasteiger partial charge in [-0.2, -0.15) is 26.3 Å². The van der Waals surface area contributed by atoms with E-state index in [1.807, 2.05) is 0 Å². The molecule has 1 aromatic carbocycles. The Balaban J connectivity index is 3.08. The lowest BCUT2D eigenvalue weighted by Crippen LogP contribution is -2.21. The summed E-state index contributed by atoms with van der Waals surface area (Å²) in [7, 11) is 0. The van der Waals surface area contributed by atoms with E-state index in [-0.39, 0.29) is 10.0 Å². The molecule has 1 nitrogen and oxygen atoms in total. The Bertz CT molecular complexity index is 425. The Hall–Kier alpha value is -0.760. The number of hydrogen-bond acceptors (Lipinski definition) is 1. The minimum atomic E-state index is -4.62. The minimum absolute atomic E-state index is 0.118. The number of benzene rings is 1. The van der Waals surface area contributed by atoms with Crippen molar-refractivity contribution < 1.29 is 26.3 Å². The monoisotopic (exact) mass is 335 g/mol. The van der Waals surface area contributed by atoms with Crippen molar-refractivity contribution in [2.45, 2.75) is 24.8 Å². The van der Waals surface area contributed by atoms with E-state index in [4.69, 9.17) is 5.73 Å². The Labute approximate surface area is 107 Å². The first kappa shape index (κ1) is 15.3. The highest BCUT2D eigenvalue weighted by Crippen LogP contribution is 2.36. The summed E-state index contributed by atoms with van der Waals surface area (Å²) in [5, 5.41) is 0. The SMILES string of the molecule is NC(CC(F)(F)F)c1cc(C(F)(F)F)ccc1Br. The molecule has 1 atom stereocenters. The summed E-state index contributed by atoms with van der Waals surface area (Å²) in [6, 6.07) is 0.893. The quantitative estimate of drug-likeness (QED) is 0.795. The van der Waals surface area contributed by atoms with Gasteiger partial charge >= 0.3 is 12.4 Å². The normalized spacial score (nSPS) is 14.7. The average Bonchev–Trinajstić information content (AvgIpc) is 2.13. The fraction of sp³-hybridized carbons (Fsp3) is 0.400. The molecule has 0 bridgehead atoms. The third-order valence-corrected chi connectivity index (χ3v) is 2.90. The summed E-state index contributed by atoms with van der Waals surface area (Å²) >= 11 is 2.89. The second kappa shape index (κ2) is 5.08. The molecule has 102 valence electrons. The lowest BCUT2D eigenvalue weighted by molar-refractivity contribution is -0.138. The fourth-order valence-electron chi connectivity index (χ4n) is 1.36. The molecule has 0 aliphatic carbocycles. The van der Waals surface area contributed by atoms with Crippen LogP contribution in [0.25, 0.3) is 0 Å². The minimum Gasteiger partial charge on any atom is -0.324 e. The van der Waals surface area contributed by atoms with E-state index in [0.717, 1.165) is 12.1 Å². The van der Waals surface area contributed by atoms with Crippen LogP contribution in [0.15, 0.2) is 22.7 Å². The average molecular weight is 336 g/mol. The van der Waals surface area contributed by atoms with E-state index in [2.05, 4.69) is 15.9 Å². The molecule has 0 spiro atoms. The zero-order valence-electron chi connectivity index (χ0n) is 8.74. The zero-order chi connectivity index (χ0) is 14.1. The van der Waals surface area contributed by atoms with Crippen LogP contribution in [-0.2, 0) is 6.18 Å². The number of nitrogens with two attached hydrogens (primary N) is 1. The largest absolute Gasteiger partial charge is 0.416 e. The number of alkyl halides is 6. The van der Waals surface area contributed by atoms with Gasteiger partial charge in [-0.25, -0.2) is 0 Å². The Kier molecular flexibility index (Phi) is 4.32. The lowest BCUT2D eigenvalue weighted by Gasteiger charge is -2.17. The predicted octanol–water partition coefficient (Wildman–Crippen LogP) is 4.42. The van der Waals surface area contributed by atoms with Gasteiger partial charge in [-0.3, -0.25) is 0 Å². The van der Waals surface area contributed by atoms with Crippen molar-refractivity contribution in [1.29, 1.82) is 0 Å². The molecule has 1 rings (SSSR count). The third-order valence-electron chi connectivity index (χ3n) is 2.17. The van der Waals surface area contributed by atoms with Gasteiger partial charge in [-0.05, 0) is 23.8 Å². The highest BCUT2D eigenvalue weighted by Gasteiger charge is 2.34. The molecule has 0 amide bonds. The van der Waals surface area contributed by atoms with Crippen molar-refractivity contribution in [2.24, 2.45) is 5.73 Å². The molecule has 0 aliphatic rings. The van der Waals surface area contributed by atoms with E-state index in [1.54, 1.807) is 0 Å². The topological polar surface area (TPSA) is 26.0 Å². The summed E-state index contributed by atoms with van der Waals surface area (Å²) in [6.07, 6.45) is -10.5. The Morgan fingerprint density at radius 3 is 2.11 bits per heavy atom. The van der Waals surface area contributed by atoms with Gasteiger partial charge in [-0.15, -0.1) is 0 Å². The van der Waals surface area contributed by atoms with Crippen molar-refractivity contribution in [3.05, 3.63) is 33.8 Å². The van der Waals surface area contributed by atoms with Gasteiger partial charge in [0, 0.05) is 10.5 Å². The maximum atomic E-state index is 12.4. The van der Waals surface area contributed by atoms with Crippen LogP contribution >= 0.6 is 15.9 Å². The fourth-order valence-corrected chi connectivity index (χ4v) is 1.90. The standard InChI is InChI=1S/C10H8BrF6N/c11-7-2-1-5(10(15,16)17)3-6(7)8(18)4-9(12,13)14/h1-3,8H,4,18H2. The molecule has 0 saturated heterocycles. The molecule has 8 heteroatoms. The van der Waals surface area contributed by atoms with Crippen molar-refractivity contribution in [3.8, 4) is 0 Å². The number of halogens is 7. The summed E-state index contributed by atoms with van der Waals surface area (Å²) in [4.78, 5) is 0. The van der Waals surface area contributed by atoms with E-state index >= 15 is 0 Å². The van der Waals surface area contributed by atoms with Crippen LogP contribution in [0.4, 0.5) is 26.3 Å². The first-order valence-electron chi connectivity index (χ1n) is 4.69. The van der Waals surface area contributed by atoms with Crippen LogP contribution in [0.1, 0.15) is 23.6 Å². The molecule has 1 unspecified atom stereocenters. The van der Waals surface area contributed by atoms with Crippen LogP contribution in [-0.4, -0.2) is 6.18 Å². The second-order valence-electron chi connectivity index (χ2n) is 3.66. The van der Waals surface area contributed by atoms with Gasteiger partial charge in [0.1, 0.15) is 0 Å². The zero-order valence-corrected chi connectivity index (χ0v) is 10.3. The molecular weight excluding hydrogens is 328 g/mol. The van der Waals surface area contributed by atoms with Crippen molar-refractivity contribution in [2.75, 3.05) is 0 Å². The summed E-state index contributed by atoms with van der Waals surface area (Å²) in [5.74, 6) is 0. The summed E-state index contributed by atoms with van der Waals surface area (Å²) in [6.45, 7) is 0. The van der Waals surface area contributed by atoms with E-state index < -0.39 is 30.4 Å². The van der Waals surface area contributed by atoms with Crippen LogP contribution in [0.2, 0.25) is 0 Å². The summed E-state index contributed by atoms with van der Waals surface area (Å²) < 4.78 is 73.8. The first-order chi connectivity index (χ1) is 8.00. The van der Waals surface area contributed by atoms with E-state index in [1.165, 1.54) is 0 Å². The molecule has 0 fully saturated rings. The number of rotatable bonds is 2. The highest BCUT2D eigenvalue weighted by molar-refractivity contribution is 9.10. The van der Waals surface area contributed by atoms with Crippen LogP contribution in [0.5, 0.6) is 0 Å². The highest BCUT2D eigenvalue weighted by atomic mass is 79.9. The molecule has 0 aliphatic heterocycles. The van der Waals surface area contributed by atoms with Gasteiger partial charge in [0.25, 0.3) is 0 Å². The van der Waals surface area contributed by atoms with Gasteiger partial charge < -0.3 is 5.73 Å². The summed E-state index contributed by atoms with van der Waals surface area (Å²) in [5.41, 5.74) is 4.03. The molecule has 0 radical (unpaired) electrons. The van der Waals surface area contributed by atoms with Gasteiger partial charge in [-0.1, -0.05) is 15.9 Å². The molecule has 2 N–H and O–H groups in total. The maximum absolute atomic E-state index is 12.4. The molecular formula is C10H8BrF6N. The Morgan fingerprint density at radius 1 is 1.11 bits per heavy atom. The second-order valence-corrected chi connectivity index (χ2v) is 4.51. The molecule has 0 saturated carbocycles. The van der Waals surface area contributed by atoms with Crippen molar-refractivity contribution in [3.63, 3.8) is 0 Å². The maximum Gasteiger partial charge on any atom is 0.416 e. The smallest absolute Gasteiger partial charge is 0.324 e. The Morgan fingerprint density at radius 2 is 1.67 bits per heavy atom. The third kappa shape index (κ3) is 4.16. The number of hydrogen-bond donors (Lipinski definition) is 1. The van der Waals surface area contributed by atoms with Gasteiger partial charge in [0.15, 0.2) is 0 Å². The molecule has 0 heterocycles. The van der Waals surface area contributed by atoms with Crippen LogP contribution in [0, 0.1) is 0 Å². The van der Waals surface area contributed by atoms with Gasteiger partial charge in [0.05, 0.1) is 12.0 Å². The van der Waals surface area contributed by atoms with E-state index in [9.17, 15) is 26.3 Å². The van der Waals surface area contributed by atoms with E-state index in [0.29, 0.717) is 6.07 Å². The lowest BCUT2D eigenvalue weighted by atomic mass is 10.0. The van der Waals surface area contributed by atoms with Crippen molar-refractivity contribution in [1.82, 2.24) is 0 Å².